The van der Waals surface area contributed by atoms with E-state index in [1.807, 2.05) is 26.8 Å². The minimum absolute atomic E-state index is 0.172. The van der Waals surface area contributed by atoms with Crippen LogP contribution in [-0.2, 0) is 19.1 Å². The molecule has 0 aliphatic heterocycles. The molecule has 0 N–H and O–H groups in total. The molecule has 0 bridgehead atoms. The van der Waals surface area contributed by atoms with Crippen LogP contribution in [0.2, 0.25) is 0 Å². The van der Waals surface area contributed by atoms with Crippen LogP contribution in [-0.4, -0.2) is 26.2 Å². The molecule has 2 rings (SSSR count). The molecule has 0 fully saturated rings. The van der Waals surface area contributed by atoms with Crippen LogP contribution in [0.15, 0.2) is 68.9 Å². The number of carbonyl (C=O) groups is 2. The van der Waals surface area contributed by atoms with E-state index in [1.165, 1.54) is 14.2 Å². The molecule has 0 saturated carbocycles. The van der Waals surface area contributed by atoms with Gasteiger partial charge in [0, 0.05) is 5.57 Å². The van der Waals surface area contributed by atoms with Gasteiger partial charge < -0.3 is 9.47 Å². The average Bonchev–Trinajstić information content (AvgIpc) is 2.82. The van der Waals surface area contributed by atoms with Gasteiger partial charge in [0.2, 0.25) is 0 Å². The molecule has 0 saturated heterocycles. The van der Waals surface area contributed by atoms with Crippen LogP contribution in [0.5, 0.6) is 0 Å². The Morgan fingerprint density at radius 1 is 0.885 bits per heavy atom. The third-order valence-corrected chi connectivity index (χ3v) is 4.58. The molecule has 0 heterocycles. The Kier molecular flexibility index (Phi) is 5.86. The maximum Gasteiger partial charge on any atom is 0.339 e. The number of rotatable bonds is 3. The summed E-state index contributed by atoms with van der Waals surface area (Å²) in [6.07, 6.45) is 7.89. The summed E-state index contributed by atoms with van der Waals surface area (Å²) in [5.41, 5.74) is 6.09. The van der Waals surface area contributed by atoms with Crippen molar-refractivity contribution >= 4 is 11.9 Å². The number of methoxy groups -OCH3 is 2. The summed E-state index contributed by atoms with van der Waals surface area (Å²) in [4.78, 5) is 25.2. The van der Waals surface area contributed by atoms with Crippen LogP contribution in [0.3, 0.4) is 0 Å². The predicted octanol–water partition coefficient (Wildman–Crippen LogP) is 4.37. The third kappa shape index (κ3) is 3.64. The highest BCUT2D eigenvalue weighted by Crippen LogP contribution is 2.38. The lowest BCUT2D eigenvalue weighted by Gasteiger charge is -2.16. The quantitative estimate of drug-likeness (QED) is 0.706. The minimum atomic E-state index is -0.551. The molecule has 0 aromatic carbocycles. The van der Waals surface area contributed by atoms with E-state index in [0.717, 1.165) is 33.4 Å². The van der Waals surface area contributed by atoms with Crippen LogP contribution < -0.4 is 0 Å². The molecule has 2 aliphatic carbocycles. The Morgan fingerprint density at radius 3 is 2.04 bits per heavy atom. The van der Waals surface area contributed by atoms with Crippen molar-refractivity contribution in [3.05, 3.63) is 68.9 Å². The van der Waals surface area contributed by atoms with E-state index in [-0.39, 0.29) is 17.1 Å². The van der Waals surface area contributed by atoms with Crippen molar-refractivity contribution in [2.45, 2.75) is 34.6 Å². The molecule has 26 heavy (non-hydrogen) atoms. The molecule has 0 radical (unpaired) electrons. The lowest BCUT2D eigenvalue weighted by Crippen LogP contribution is -2.18. The fraction of sp³-hybridized carbons (Fsp3) is 0.364. The van der Waals surface area contributed by atoms with Crippen molar-refractivity contribution in [1.29, 1.82) is 0 Å². The number of hydrogen-bond acceptors (Lipinski definition) is 4. The molecule has 0 aromatic rings. The first kappa shape index (κ1) is 19.7. The molecule has 2 aliphatic rings. The zero-order valence-electron chi connectivity index (χ0n) is 16.5. The Morgan fingerprint density at radius 2 is 1.50 bits per heavy atom. The third-order valence-electron chi connectivity index (χ3n) is 4.58. The summed E-state index contributed by atoms with van der Waals surface area (Å²) in [6, 6.07) is 0. The lowest BCUT2D eigenvalue weighted by atomic mass is 9.89. The monoisotopic (exact) mass is 354 g/mol. The van der Waals surface area contributed by atoms with Crippen LogP contribution >= 0.6 is 0 Å². The number of allylic oxidation sites excluding steroid dienone is 10. The maximum absolute atomic E-state index is 12.7. The maximum atomic E-state index is 12.7. The van der Waals surface area contributed by atoms with Gasteiger partial charge >= 0.3 is 11.9 Å². The molecule has 0 unspecified atom stereocenters. The normalized spacial score (nSPS) is 17.5. The number of carbonyl (C=O) groups excluding carboxylic acids is 2. The molecular weight excluding hydrogens is 328 g/mol. The van der Waals surface area contributed by atoms with Crippen LogP contribution in [0.1, 0.15) is 34.6 Å². The van der Waals surface area contributed by atoms with Gasteiger partial charge in [-0.15, -0.1) is 0 Å². The second-order valence-corrected chi connectivity index (χ2v) is 6.90. The molecule has 4 nitrogen and oxygen atoms in total. The van der Waals surface area contributed by atoms with E-state index >= 15 is 0 Å². The summed E-state index contributed by atoms with van der Waals surface area (Å²) in [7, 11) is 2.64. The average molecular weight is 354 g/mol. The first-order valence-corrected chi connectivity index (χ1v) is 8.64. The van der Waals surface area contributed by atoms with Crippen molar-refractivity contribution in [1.82, 2.24) is 0 Å². The number of fused-ring (bicyclic) bond motifs is 1. The molecule has 0 atom stereocenters. The topological polar surface area (TPSA) is 52.6 Å². The lowest BCUT2D eigenvalue weighted by molar-refractivity contribution is -0.139. The molecule has 4 heteroatoms. The number of ether oxygens (including phenoxy) is 2. The highest BCUT2D eigenvalue weighted by atomic mass is 16.5. The van der Waals surface area contributed by atoms with E-state index in [1.54, 1.807) is 6.08 Å². The Labute approximate surface area is 155 Å². The van der Waals surface area contributed by atoms with Gasteiger partial charge in [-0.1, -0.05) is 37.6 Å². The van der Waals surface area contributed by atoms with E-state index in [9.17, 15) is 9.59 Å². The summed E-state index contributed by atoms with van der Waals surface area (Å²) in [5.74, 6) is -0.927. The Hall–Kier alpha value is -2.62. The summed E-state index contributed by atoms with van der Waals surface area (Å²) in [5, 5.41) is 0. The summed E-state index contributed by atoms with van der Waals surface area (Å²) >= 11 is 0. The van der Waals surface area contributed by atoms with Gasteiger partial charge in [-0.05, 0) is 55.1 Å². The predicted molar refractivity (Wildman–Crippen MR) is 102 cm³/mol. The fourth-order valence-corrected chi connectivity index (χ4v) is 3.30. The Bertz CT molecular complexity index is 839. The number of hydrogen-bond donors (Lipinski definition) is 0. The van der Waals surface area contributed by atoms with Crippen LogP contribution in [0.25, 0.3) is 0 Å². The van der Waals surface area contributed by atoms with Gasteiger partial charge in [-0.2, -0.15) is 0 Å². The van der Waals surface area contributed by atoms with Crippen molar-refractivity contribution < 1.29 is 19.1 Å². The van der Waals surface area contributed by atoms with Gasteiger partial charge in [0.05, 0.1) is 25.4 Å². The minimum Gasteiger partial charge on any atom is -0.465 e. The van der Waals surface area contributed by atoms with Gasteiger partial charge in [-0.25, -0.2) is 9.59 Å². The standard InChI is InChI=1S/C22H26O4/c1-12(2)16-10-17-14(4)8-13(3)9-15(5)19(17)20(22(24)26-7)18(11-16)21(23)25-6/h8-12H,1-7H3. The van der Waals surface area contributed by atoms with Crippen molar-refractivity contribution in [2.24, 2.45) is 5.92 Å². The van der Waals surface area contributed by atoms with Crippen molar-refractivity contribution in [3.8, 4) is 0 Å². The van der Waals surface area contributed by atoms with Crippen molar-refractivity contribution in [2.75, 3.05) is 14.2 Å². The van der Waals surface area contributed by atoms with E-state index in [0.29, 0.717) is 0 Å². The second kappa shape index (κ2) is 7.73. The largest absolute Gasteiger partial charge is 0.465 e. The second-order valence-electron chi connectivity index (χ2n) is 6.90. The molecule has 0 aromatic heterocycles. The zero-order chi connectivity index (χ0) is 19.6. The van der Waals surface area contributed by atoms with Gasteiger partial charge in [-0.3, -0.25) is 0 Å². The zero-order valence-corrected chi connectivity index (χ0v) is 16.5. The fourth-order valence-electron chi connectivity index (χ4n) is 3.30. The van der Waals surface area contributed by atoms with Crippen LogP contribution in [0.4, 0.5) is 0 Å². The van der Waals surface area contributed by atoms with Gasteiger partial charge in [0.25, 0.3) is 0 Å². The molecule has 0 amide bonds. The summed E-state index contributed by atoms with van der Waals surface area (Å²) in [6.45, 7) is 10.1. The van der Waals surface area contributed by atoms with Gasteiger partial charge in [0.1, 0.15) is 0 Å². The highest BCUT2D eigenvalue weighted by molar-refractivity contribution is 6.09. The van der Waals surface area contributed by atoms with Crippen LogP contribution in [0, 0.1) is 5.92 Å². The first-order chi connectivity index (χ1) is 12.2. The Balaban J connectivity index is 2.99. The summed E-state index contributed by atoms with van der Waals surface area (Å²) < 4.78 is 10.00. The SMILES string of the molecule is COC(=O)C1=CC(C(C)C)=CC2=C(C)C=C(C)C=C(C)C2=C1C(=O)OC. The van der Waals surface area contributed by atoms with E-state index in [4.69, 9.17) is 9.47 Å². The van der Waals surface area contributed by atoms with E-state index < -0.39 is 11.9 Å². The van der Waals surface area contributed by atoms with Gasteiger partial charge in [0.15, 0.2) is 0 Å². The smallest absolute Gasteiger partial charge is 0.339 e. The highest BCUT2D eigenvalue weighted by Gasteiger charge is 2.31. The number of esters is 2. The van der Waals surface area contributed by atoms with E-state index in [2.05, 4.69) is 26.0 Å². The molecule has 0 spiro atoms. The first-order valence-electron chi connectivity index (χ1n) is 8.64. The molecular formula is C22H26O4. The molecule has 138 valence electrons. The van der Waals surface area contributed by atoms with Crippen molar-refractivity contribution in [3.63, 3.8) is 0 Å².